The number of carbonyl (C=O) groups is 4. The van der Waals surface area contributed by atoms with Crippen LogP contribution in [0.3, 0.4) is 0 Å². The van der Waals surface area contributed by atoms with Crippen molar-refractivity contribution < 1.29 is 108 Å². The van der Waals surface area contributed by atoms with Crippen molar-refractivity contribution >= 4 is 76.1 Å². The van der Waals surface area contributed by atoms with Crippen molar-refractivity contribution in [2.45, 2.75) is 51.4 Å². The van der Waals surface area contributed by atoms with E-state index in [1.54, 1.807) is 21.1 Å². The van der Waals surface area contributed by atoms with Crippen molar-refractivity contribution in [2.75, 3.05) is 157 Å². The first-order valence-corrected chi connectivity index (χ1v) is 29.1. The zero-order chi connectivity index (χ0) is 53.4. The largest absolute Gasteiger partial charge is 0.744 e. The Morgan fingerprint density at radius 2 is 0.754 bits per heavy atom. The number of unbranched alkanes of at least 4 members (excludes halogenated alkanes) is 2. The van der Waals surface area contributed by atoms with Crippen LogP contribution in [0, 0.1) is 0 Å². The number of quaternary nitrogens is 5. The highest BCUT2D eigenvalue weighted by molar-refractivity contribution is 7.94. The molecule has 33 heteroatoms. The summed E-state index contributed by atoms with van der Waals surface area (Å²) in [6.07, 6.45) is 1.42. The Balaban J connectivity index is 4.76. The van der Waals surface area contributed by atoms with E-state index in [4.69, 9.17) is 0 Å². The maximum atomic E-state index is 12.5. The molecule has 69 heavy (non-hydrogen) atoms. The summed E-state index contributed by atoms with van der Waals surface area (Å²) < 4.78 is 140. The second kappa shape index (κ2) is 29.9. The maximum absolute atomic E-state index is 12.5. The summed E-state index contributed by atoms with van der Waals surface area (Å²) in [5.74, 6) is -4.16. The Labute approximate surface area is 412 Å². The first-order valence-electron chi connectivity index (χ1n) is 21.8. The molecule has 0 heterocycles. The highest BCUT2D eigenvalue weighted by atomic mass is 32.2. The molecule has 4 amide bonds. The maximum Gasteiger partial charge on any atom is 0.316 e. The van der Waals surface area contributed by atoms with Crippen molar-refractivity contribution in [2.24, 2.45) is 0 Å². The van der Waals surface area contributed by atoms with Crippen molar-refractivity contribution in [3.8, 4) is 0 Å². The predicted molar refractivity (Wildman–Crippen MR) is 245 cm³/mol. The van der Waals surface area contributed by atoms with Crippen molar-refractivity contribution in [3.05, 3.63) is 0 Å². The van der Waals surface area contributed by atoms with E-state index in [9.17, 15) is 76.3 Å². The molecular weight excluding hydrogens is 1020 g/mol. The molecule has 0 aromatic rings. The van der Waals surface area contributed by atoms with Gasteiger partial charge >= 0.3 is 10.1 Å². The molecule has 0 aliphatic heterocycles. The lowest BCUT2D eigenvalue weighted by atomic mass is 10.2. The van der Waals surface area contributed by atoms with E-state index in [0.29, 0.717) is 42.6 Å². The van der Waals surface area contributed by atoms with Gasteiger partial charge in [-0.2, -0.15) is 12.8 Å². The number of hydrogen-bond donors (Lipinski definition) is 5. The minimum atomic E-state index is -4.72. The van der Waals surface area contributed by atoms with Crippen LogP contribution in [0.2, 0.25) is 0 Å². The van der Waals surface area contributed by atoms with Gasteiger partial charge in [0.1, 0.15) is 56.5 Å². The Kier molecular flexibility index (Phi) is 28.9. The third kappa shape index (κ3) is 37.9. The summed E-state index contributed by atoms with van der Waals surface area (Å²) in [4.78, 5) is 50.0. The summed E-state index contributed by atoms with van der Waals surface area (Å²) in [6.45, 7) is 1.09. The zero-order valence-electron chi connectivity index (χ0n) is 40.8. The molecule has 0 aromatic heterocycles. The second-order valence-corrected chi connectivity index (χ2v) is 25.7. The fourth-order valence-electron chi connectivity index (χ4n) is 7.00. The van der Waals surface area contributed by atoms with Gasteiger partial charge in [0.25, 0.3) is 0 Å². The molecular formula is C36H76N9O19S5+. The molecule has 28 nitrogen and oxygen atoms in total. The summed E-state index contributed by atoms with van der Waals surface area (Å²) in [6, 6.07) is 0. The Hall–Kier alpha value is -2.45. The van der Waals surface area contributed by atoms with Gasteiger partial charge in [0.05, 0.1) is 114 Å². The van der Waals surface area contributed by atoms with Crippen LogP contribution in [0.25, 0.3) is 0 Å². The Morgan fingerprint density at radius 1 is 0.464 bits per heavy atom. The van der Waals surface area contributed by atoms with Gasteiger partial charge in [-0.25, -0.2) is 25.3 Å². The second-order valence-electron chi connectivity index (χ2n) is 19.5. The number of hydrogen-bond acceptors (Lipinski definition) is 19. The van der Waals surface area contributed by atoms with Gasteiger partial charge in [0.2, 0.25) is 29.5 Å². The smallest absolute Gasteiger partial charge is 0.316 e. The van der Waals surface area contributed by atoms with Crippen LogP contribution < -0.4 is 26.5 Å². The Bertz CT molecular complexity index is 2090. The molecule has 0 radical (unpaired) electrons. The van der Waals surface area contributed by atoms with Gasteiger partial charge in [-0.1, -0.05) is 0 Å². The standard InChI is InChI=1S/C36H75N9O19S5/c1-41(2,28-65-64-63-50)24-26-44(6,31-68(57,58)59)22-18-39-35(48)14-10-8-12-33(46)37-16-20-43(5,30-67(54,55)56)21-17-38-34(47)13-9-11-15-36(49)40-19-23-45(7,32-69(60,61)62)27-25-42(3,4)29-66(51,52)53/h8-32H2,1-7H3,(H4-5,37,38,39,40,46,47,48,49,50,51,52,53,54,55,56,57,58,59,60,61,62)/p+1. The molecule has 0 aliphatic rings. The monoisotopic (exact) mass is 1100 g/mol. The fourth-order valence-corrected chi connectivity index (χ4v) is 11.6. The van der Waals surface area contributed by atoms with Gasteiger partial charge in [-0.05, 0) is 25.7 Å². The molecule has 0 aliphatic carbocycles. The lowest BCUT2D eigenvalue weighted by molar-refractivity contribution is -0.944. The van der Waals surface area contributed by atoms with Crippen LogP contribution in [0.4, 0.5) is 0 Å². The number of nitrogens with zero attached hydrogens (tertiary/aromatic N) is 5. The van der Waals surface area contributed by atoms with Crippen LogP contribution in [-0.2, 0) is 69.0 Å². The molecule has 3 atom stereocenters. The Morgan fingerprint density at radius 3 is 1.04 bits per heavy atom. The molecule has 0 fully saturated rings. The van der Waals surface area contributed by atoms with Crippen LogP contribution in [-0.4, -0.2) is 255 Å². The quantitative estimate of drug-likeness (QED) is 0.00731. The first kappa shape index (κ1) is 66.6. The van der Waals surface area contributed by atoms with Gasteiger partial charge < -0.3 is 62.6 Å². The normalized spacial score (nSPS) is 15.6. The molecule has 3 unspecified atom stereocenters. The molecule has 0 saturated carbocycles. The van der Waals surface area contributed by atoms with Gasteiger partial charge in [0, 0.05) is 25.7 Å². The van der Waals surface area contributed by atoms with Gasteiger partial charge in [-0.3, -0.25) is 28.8 Å². The van der Waals surface area contributed by atoms with E-state index in [-0.39, 0.29) is 133 Å². The highest BCUT2D eigenvalue weighted by Gasteiger charge is 2.33. The number of rotatable bonds is 40. The van der Waals surface area contributed by atoms with Crippen molar-refractivity contribution in [3.63, 3.8) is 0 Å². The van der Waals surface area contributed by atoms with Crippen LogP contribution in [0.1, 0.15) is 51.4 Å². The molecule has 0 aromatic carbocycles. The molecule has 5 N–H and O–H groups in total. The lowest BCUT2D eigenvalue weighted by Crippen LogP contribution is -2.57. The topological polar surface area (TPSA) is 384 Å². The van der Waals surface area contributed by atoms with Crippen molar-refractivity contribution in [1.29, 1.82) is 0 Å². The summed E-state index contributed by atoms with van der Waals surface area (Å²) in [5.41, 5.74) is 0. The van der Waals surface area contributed by atoms with Gasteiger partial charge in [0.15, 0.2) is 23.5 Å². The van der Waals surface area contributed by atoms with Crippen LogP contribution in [0.5, 0.6) is 0 Å². The molecule has 0 spiro atoms. The zero-order valence-corrected chi connectivity index (χ0v) is 44.8. The van der Waals surface area contributed by atoms with E-state index >= 15 is 0 Å². The highest BCUT2D eigenvalue weighted by Crippen LogP contribution is 2.14. The number of amides is 4. The van der Waals surface area contributed by atoms with Gasteiger partial charge in [-0.15, -0.1) is 0 Å². The average Bonchev–Trinajstić information content (AvgIpc) is 3.14. The molecule has 0 saturated heterocycles. The van der Waals surface area contributed by atoms with Crippen molar-refractivity contribution in [1.82, 2.24) is 21.3 Å². The predicted octanol–water partition coefficient (Wildman–Crippen LogP) is -4.75. The van der Waals surface area contributed by atoms with E-state index in [2.05, 4.69) is 30.6 Å². The number of nitrogens with one attached hydrogen (secondary N) is 4. The molecule has 408 valence electrons. The molecule has 0 rings (SSSR count). The minimum absolute atomic E-state index is 0.0000777. The summed E-state index contributed by atoms with van der Waals surface area (Å²) >= 11 is 0.769. The SMILES string of the molecule is C[N+](C)(CC[N+](C)(CCNC(=O)CCCCC(=O)NCC[N+](C)(CCNC(=O)CCCCC(=O)NCC[N+](C)(CC[N+](C)(C)CS(=O)(=O)[O-])CS(=O)(=O)O)CS(=O)(=O)[O-])CS(=O)(=O)[O-])CSOO[O-]. The molecule has 0 bridgehead atoms. The van der Waals surface area contributed by atoms with Crippen LogP contribution in [0.15, 0.2) is 0 Å². The summed E-state index contributed by atoms with van der Waals surface area (Å²) in [7, 11) is -7.21. The van der Waals surface area contributed by atoms with E-state index in [0.717, 1.165) is 12.0 Å². The van der Waals surface area contributed by atoms with E-state index in [1.807, 2.05) is 0 Å². The third-order valence-electron chi connectivity index (χ3n) is 10.9. The summed E-state index contributed by atoms with van der Waals surface area (Å²) in [5, 5.41) is 24.1. The average molecular weight is 1100 g/mol. The first-order chi connectivity index (χ1) is 31.3. The fraction of sp³-hybridized carbons (Fsp3) is 0.889. The number of carbonyl (C=O) groups excluding carboxylic acids is 4. The van der Waals surface area contributed by atoms with Crippen LogP contribution >= 0.6 is 12.0 Å². The number of likely N-dealkylation sites (N-methyl/N-ethyl adjacent to an activating group) is 5. The lowest BCUT2D eigenvalue weighted by Gasteiger charge is -2.38. The van der Waals surface area contributed by atoms with E-state index < -0.39 is 69.9 Å². The van der Waals surface area contributed by atoms with E-state index in [1.165, 1.54) is 28.2 Å². The third-order valence-corrected chi connectivity index (χ3v) is 15.7. The minimum Gasteiger partial charge on any atom is -0.744 e.